The summed E-state index contributed by atoms with van der Waals surface area (Å²) < 4.78 is 10.5. The highest BCUT2D eigenvalue weighted by Crippen LogP contribution is 2.20. The first-order valence-electron chi connectivity index (χ1n) is 8.90. The van der Waals surface area contributed by atoms with Crippen LogP contribution in [0.4, 0.5) is 0 Å². The van der Waals surface area contributed by atoms with Crippen LogP contribution in [0, 0.1) is 5.92 Å². The first kappa shape index (κ1) is 20.7. The van der Waals surface area contributed by atoms with Crippen LogP contribution in [-0.4, -0.2) is 79.7 Å². The number of aliphatic carboxylic acids is 1. The van der Waals surface area contributed by atoms with Crippen molar-refractivity contribution in [1.29, 1.82) is 0 Å². The van der Waals surface area contributed by atoms with E-state index < -0.39 is 11.9 Å². The van der Waals surface area contributed by atoms with Crippen molar-refractivity contribution in [2.24, 2.45) is 5.92 Å². The molecule has 1 atom stereocenters. The van der Waals surface area contributed by atoms with E-state index in [1.807, 2.05) is 0 Å². The van der Waals surface area contributed by atoms with Crippen molar-refractivity contribution in [3.63, 3.8) is 0 Å². The molecule has 148 valence electrons. The fourth-order valence-electron chi connectivity index (χ4n) is 2.99. The number of hydrogen-bond donors (Lipinski definition) is 1. The number of rotatable bonds is 8. The number of benzene rings is 1. The van der Waals surface area contributed by atoms with Crippen LogP contribution in [-0.2, 0) is 14.3 Å². The molecule has 0 aliphatic carbocycles. The number of carboxylic acids is 1. The molecule has 2 rings (SSSR count). The molecule has 1 aromatic rings. The molecule has 8 heteroatoms. The van der Waals surface area contributed by atoms with Gasteiger partial charge in [-0.2, -0.15) is 0 Å². The Morgan fingerprint density at radius 1 is 1.26 bits per heavy atom. The third-order valence-electron chi connectivity index (χ3n) is 4.50. The smallest absolute Gasteiger partial charge is 0.308 e. The summed E-state index contributed by atoms with van der Waals surface area (Å²) in [4.78, 5) is 39.2. The molecule has 1 saturated heterocycles. The SMILES string of the molecule is COCCOc1ccccc1C(=O)N(C)CC(=O)N1CCC[C@H](C(=O)O)C1. The van der Waals surface area contributed by atoms with E-state index in [0.29, 0.717) is 43.9 Å². The van der Waals surface area contributed by atoms with Gasteiger partial charge in [0.2, 0.25) is 5.91 Å². The number of para-hydroxylation sites is 1. The van der Waals surface area contributed by atoms with Gasteiger partial charge in [0.05, 0.1) is 24.6 Å². The zero-order valence-electron chi connectivity index (χ0n) is 15.7. The molecule has 1 heterocycles. The van der Waals surface area contributed by atoms with Crippen LogP contribution < -0.4 is 4.74 Å². The molecule has 2 amide bonds. The maximum atomic E-state index is 12.7. The van der Waals surface area contributed by atoms with Crippen LogP contribution in [0.25, 0.3) is 0 Å². The standard InChI is InChI=1S/C19H26N2O6/c1-20(13-17(22)21-9-5-6-14(12-21)19(24)25)18(23)15-7-3-4-8-16(15)27-11-10-26-2/h3-4,7-8,14H,5-6,9-13H2,1-2H3,(H,24,25)/t14-/m0/s1. The van der Waals surface area contributed by atoms with Crippen LogP contribution in [0.2, 0.25) is 0 Å². The fraction of sp³-hybridized carbons (Fsp3) is 0.526. The van der Waals surface area contributed by atoms with Crippen LogP contribution >= 0.6 is 0 Å². The predicted octanol–water partition coefficient (Wildman–Crippen LogP) is 1.11. The highest BCUT2D eigenvalue weighted by atomic mass is 16.5. The Labute approximate surface area is 158 Å². The van der Waals surface area contributed by atoms with Crippen LogP contribution in [0.5, 0.6) is 5.75 Å². The Balaban J connectivity index is 1.99. The number of carboxylic acid groups (broad SMARTS) is 1. The Morgan fingerprint density at radius 2 is 2.00 bits per heavy atom. The van der Waals surface area contributed by atoms with Crippen molar-refractivity contribution in [3.8, 4) is 5.75 Å². The quantitative estimate of drug-likeness (QED) is 0.681. The number of hydrogen-bond acceptors (Lipinski definition) is 5. The first-order chi connectivity index (χ1) is 12.9. The minimum atomic E-state index is -0.890. The first-order valence-corrected chi connectivity index (χ1v) is 8.90. The maximum absolute atomic E-state index is 12.7. The predicted molar refractivity (Wildman–Crippen MR) is 97.7 cm³/mol. The summed E-state index contributed by atoms with van der Waals surface area (Å²) in [5.74, 6) is -1.59. The van der Waals surface area contributed by atoms with Crippen molar-refractivity contribution in [2.75, 3.05) is 47.0 Å². The average molecular weight is 378 g/mol. The van der Waals surface area contributed by atoms with E-state index in [1.165, 1.54) is 9.80 Å². The molecule has 0 spiro atoms. The Kier molecular flexibility index (Phi) is 7.60. The maximum Gasteiger partial charge on any atom is 0.308 e. The zero-order valence-corrected chi connectivity index (χ0v) is 15.7. The molecule has 0 aromatic heterocycles. The van der Waals surface area contributed by atoms with Crippen molar-refractivity contribution in [3.05, 3.63) is 29.8 Å². The third-order valence-corrected chi connectivity index (χ3v) is 4.50. The lowest BCUT2D eigenvalue weighted by Gasteiger charge is -2.32. The van der Waals surface area contributed by atoms with E-state index in [-0.39, 0.29) is 24.9 Å². The fourth-order valence-corrected chi connectivity index (χ4v) is 2.99. The summed E-state index contributed by atoms with van der Waals surface area (Å²) in [6.07, 6.45) is 1.22. The summed E-state index contributed by atoms with van der Waals surface area (Å²) >= 11 is 0. The van der Waals surface area contributed by atoms with Crippen LogP contribution in [0.1, 0.15) is 23.2 Å². The van der Waals surface area contributed by atoms with Gasteiger partial charge in [-0.3, -0.25) is 14.4 Å². The average Bonchev–Trinajstić information content (AvgIpc) is 2.68. The lowest BCUT2D eigenvalue weighted by Crippen LogP contribution is -2.46. The van der Waals surface area contributed by atoms with Crippen molar-refractivity contribution in [2.45, 2.75) is 12.8 Å². The lowest BCUT2D eigenvalue weighted by molar-refractivity contribution is -0.145. The van der Waals surface area contributed by atoms with Gasteiger partial charge < -0.3 is 24.4 Å². The lowest BCUT2D eigenvalue weighted by atomic mass is 9.98. The summed E-state index contributed by atoms with van der Waals surface area (Å²) in [5.41, 5.74) is 0.367. The van der Waals surface area contributed by atoms with E-state index in [9.17, 15) is 14.4 Å². The number of likely N-dealkylation sites (N-methyl/N-ethyl adjacent to an activating group) is 1. The molecular weight excluding hydrogens is 352 g/mol. The number of amides is 2. The number of carbonyl (C=O) groups is 3. The minimum Gasteiger partial charge on any atom is -0.490 e. The third kappa shape index (κ3) is 5.68. The molecule has 0 bridgehead atoms. The van der Waals surface area contributed by atoms with E-state index in [1.54, 1.807) is 38.4 Å². The topological polar surface area (TPSA) is 96.4 Å². The van der Waals surface area contributed by atoms with Crippen molar-refractivity contribution in [1.82, 2.24) is 9.80 Å². The molecular formula is C19H26N2O6. The van der Waals surface area contributed by atoms with Gasteiger partial charge in [-0.15, -0.1) is 0 Å². The monoisotopic (exact) mass is 378 g/mol. The molecule has 8 nitrogen and oxygen atoms in total. The van der Waals surface area contributed by atoms with Gasteiger partial charge in [0.15, 0.2) is 0 Å². The van der Waals surface area contributed by atoms with Crippen LogP contribution in [0.3, 0.4) is 0 Å². The molecule has 0 radical (unpaired) electrons. The van der Waals surface area contributed by atoms with Gasteiger partial charge in [-0.05, 0) is 25.0 Å². The van der Waals surface area contributed by atoms with Crippen molar-refractivity contribution < 1.29 is 29.0 Å². The second kappa shape index (κ2) is 9.91. The van der Waals surface area contributed by atoms with Gasteiger partial charge >= 0.3 is 5.97 Å². The number of methoxy groups -OCH3 is 1. The largest absolute Gasteiger partial charge is 0.490 e. The minimum absolute atomic E-state index is 0.114. The Bertz CT molecular complexity index is 678. The summed E-state index contributed by atoms with van der Waals surface area (Å²) in [7, 11) is 3.11. The van der Waals surface area contributed by atoms with Gasteiger partial charge in [0.1, 0.15) is 12.4 Å². The summed E-state index contributed by atoms with van der Waals surface area (Å²) in [5, 5.41) is 9.15. The Morgan fingerprint density at radius 3 is 2.70 bits per heavy atom. The van der Waals surface area contributed by atoms with Gasteiger partial charge in [-0.25, -0.2) is 0 Å². The number of ether oxygens (including phenoxy) is 2. The Hall–Kier alpha value is -2.61. The molecule has 1 fully saturated rings. The molecule has 0 unspecified atom stereocenters. The van der Waals surface area contributed by atoms with E-state index >= 15 is 0 Å². The number of piperidine rings is 1. The van der Waals surface area contributed by atoms with E-state index in [2.05, 4.69) is 0 Å². The van der Waals surface area contributed by atoms with Gasteiger partial charge in [0, 0.05) is 27.2 Å². The van der Waals surface area contributed by atoms with Gasteiger partial charge in [-0.1, -0.05) is 12.1 Å². The number of likely N-dealkylation sites (tertiary alicyclic amines) is 1. The normalized spacial score (nSPS) is 16.7. The second-order valence-corrected chi connectivity index (χ2v) is 6.52. The molecule has 1 aromatic carbocycles. The van der Waals surface area contributed by atoms with E-state index in [4.69, 9.17) is 14.6 Å². The molecule has 1 N–H and O–H groups in total. The molecule has 1 aliphatic heterocycles. The number of carbonyl (C=O) groups excluding carboxylic acids is 2. The summed E-state index contributed by atoms with van der Waals surface area (Å²) in [6, 6.07) is 6.84. The molecule has 27 heavy (non-hydrogen) atoms. The zero-order chi connectivity index (χ0) is 19.8. The van der Waals surface area contributed by atoms with Crippen LogP contribution in [0.15, 0.2) is 24.3 Å². The molecule has 0 saturated carbocycles. The molecule has 1 aliphatic rings. The van der Waals surface area contributed by atoms with Gasteiger partial charge in [0.25, 0.3) is 5.91 Å². The second-order valence-electron chi connectivity index (χ2n) is 6.52. The van der Waals surface area contributed by atoms with E-state index in [0.717, 1.165) is 0 Å². The number of nitrogens with zero attached hydrogens (tertiary/aromatic N) is 2. The summed E-state index contributed by atoms with van der Waals surface area (Å²) in [6.45, 7) is 1.30. The highest BCUT2D eigenvalue weighted by molar-refractivity contribution is 5.98. The van der Waals surface area contributed by atoms with Crippen molar-refractivity contribution >= 4 is 17.8 Å². The highest BCUT2D eigenvalue weighted by Gasteiger charge is 2.29.